The highest BCUT2D eigenvalue weighted by molar-refractivity contribution is 5.90. The van der Waals surface area contributed by atoms with Gasteiger partial charge in [-0.1, -0.05) is 25.7 Å². The lowest BCUT2D eigenvalue weighted by atomic mass is 9.97. The van der Waals surface area contributed by atoms with Crippen LogP contribution in [0.15, 0.2) is 24.8 Å². The van der Waals surface area contributed by atoms with E-state index >= 15 is 0 Å². The van der Waals surface area contributed by atoms with Gasteiger partial charge in [0.25, 0.3) is 12.3 Å². The third-order valence-electron chi connectivity index (χ3n) is 6.05. The molecule has 2 aliphatic rings. The van der Waals surface area contributed by atoms with Crippen molar-refractivity contribution in [2.75, 3.05) is 0 Å². The van der Waals surface area contributed by atoms with Crippen LogP contribution in [0.2, 0.25) is 0 Å². The van der Waals surface area contributed by atoms with E-state index in [1.54, 1.807) is 6.07 Å². The maximum Gasteiger partial charge on any atom is 0.389 e. The minimum Gasteiger partial charge on any atom is -0.352 e. The van der Waals surface area contributed by atoms with Crippen LogP contribution in [-0.2, 0) is 24.4 Å². The van der Waals surface area contributed by atoms with Crippen LogP contribution in [-0.4, -0.2) is 59.7 Å². The third-order valence-corrected chi connectivity index (χ3v) is 6.05. The lowest BCUT2D eigenvalue weighted by Gasteiger charge is -2.20. The van der Waals surface area contributed by atoms with E-state index in [0.717, 1.165) is 17.4 Å². The van der Waals surface area contributed by atoms with Crippen molar-refractivity contribution in [3.63, 3.8) is 0 Å². The van der Waals surface area contributed by atoms with Gasteiger partial charge in [0.15, 0.2) is 5.65 Å². The van der Waals surface area contributed by atoms with Gasteiger partial charge in [-0.2, -0.15) is 23.4 Å². The molecule has 10 nitrogen and oxygen atoms in total. The highest BCUT2D eigenvalue weighted by Crippen LogP contribution is 2.32. The highest BCUT2D eigenvalue weighted by atomic mass is 19.4. The van der Waals surface area contributed by atoms with Crippen molar-refractivity contribution in [1.29, 1.82) is 0 Å². The van der Waals surface area contributed by atoms with Gasteiger partial charge < -0.3 is 10.6 Å². The van der Waals surface area contributed by atoms with Crippen LogP contribution in [0.4, 0.5) is 30.7 Å². The molecule has 2 amide bonds. The van der Waals surface area contributed by atoms with Gasteiger partial charge in [0, 0.05) is 25.8 Å². The van der Waals surface area contributed by atoms with Gasteiger partial charge in [0.1, 0.15) is 12.9 Å². The summed E-state index contributed by atoms with van der Waals surface area (Å²) in [6.07, 6.45) is 2.11. The monoisotopic (exact) mass is 622 g/mol. The van der Waals surface area contributed by atoms with Crippen LogP contribution in [0, 0.1) is 0 Å². The molecule has 17 heteroatoms. The van der Waals surface area contributed by atoms with Gasteiger partial charge in [0.2, 0.25) is 17.7 Å². The first-order chi connectivity index (χ1) is 20.3. The number of amides is 2. The average molecular weight is 623 g/mol. The molecule has 2 aliphatic carbocycles. The molecule has 2 fully saturated rings. The lowest BCUT2D eigenvalue weighted by Crippen LogP contribution is -2.27. The Labute approximate surface area is 242 Å². The van der Waals surface area contributed by atoms with E-state index in [4.69, 9.17) is 0 Å². The Kier molecular flexibility index (Phi) is 12.2. The molecule has 0 aliphatic heterocycles. The van der Waals surface area contributed by atoms with Crippen molar-refractivity contribution in [2.45, 2.75) is 102 Å². The van der Waals surface area contributed by atoms with Gasteiger partial charge in [0.05, 0.1) is 31.1 Å². The second kappa shape index (κ2) is 15.6. The molecule has 3 heterocycles. The van der Waals surface area contributed by atoms with Crippen molar-refractivity contribution in [3.05, 3.63) is 41.9 Å². The summed E-state index contributed by atoms with van der Waals surface area (Å²) in [5.41, 5.74) is 1.29. The molecule has 2 saturated carbocycles. The van der Waals surface area contributed by atoms with Crippen molar-refractivity contribution in [3.8, 4) is 0 Å². The number of carbonyl (C=O) groups is 2. The second-order valence-corrected chi connectivity index (χ2v) is 10.1. The van der Waals surface area contributed by atoms with Crippen molar-refractivity contribution in [2.24, 2.45) is 0 Å². The zero-order chi connectivity index (χ0) is 31.5. The van der Waals surface area contributed by atoms with E-state index in [9.17, 15) is 40.3 Å². The van der Waals surface area contributed by atoms with Gasteiger partial charge in [-0.05, 0) is 24.5 Å². The number of nitrogens with one attached hydrogen (secondary N) is 2. The SMILES string of the molecule is C1CC1.FC1(F)CCCCC1.O=C(CCC(F)(F)F)NCc1cnn2cc(CNC(=O)c3ncnn3CC(F)F)nc2c1. The van der Waals surface area contributed by atoms with Crippen molar-refractivity contribution < 1.29 is 40.3 Å². The smallest absolute Gasteiger partial charge is 0.352 e. The molecule has 0 spiro atoms. The van der Waals surface area contributed by atoms with E-state index in [2.05, 4.69) is 30.8 Å². The number of nitrogens with zero attached hydrogens (tertiary/aromatic N) is 6. The minimum atomic E-state index is -4.40. The van der Waals surface area contributed by atoms with Gasteiger partial charge >= 0.3 is 6.18 Å². The molecule has 43 heavy (non-hydrogen) atoms. The summed E-state index contributed by atoms with van der Waals surface area (Å²) in [5.74, 6) is -4.04. The highest BCUT2D eigenvalue weighted by Gasteiger charge is 2.30. The summed E-state index contributed by atoms with van der Waals surface area (Å²) in [6, 6.07) is 1.57. The van der Waals surface area contributed by atoms with Crippen LogP contribution < -0.4 is 10.6 Å². The fourth-order valence-electron chi connectivity index (χ4n) is 3.71. The molecule has 0 unspecified atom stereocenters. The van der Waals surface area contributed by atoms with Gasteiger partial charge in [-0.25, -0.2) is 36.7 Å². The molecule has 0 aromatic carbocycles. The summed E-state index contributed by atoms with van der Waals surface area (Å²) in [4.78, 5) is 31.6. The zero-order valence-corrected chi connectivity index (χ0v) is 23.2. The number of hydrogen-bond donors (Lipinski definition) is 2. The lowest BCUT2D eigenvalue weighted by molar-refractivity contribution is -0.144. The molecule has 3 aromatic heterocycles. The number of imidazole rings is 1. The van der Waals surface area contributed by atoms with Gasteiger partial charge in [-0.15, -0.1) is 0 Å². The zero-order valence-electron chi connectivity index (χ0n) is 23.2. The Morgan fingerprint density at radius 2 is 1.65 bits per heavy atom. The standard InChI is InChI=1S/C17H17F5N8O2.C6H10F2.C3H6/c18-12(19)8-30-15(25-9-27-30)16(32)24-6-11-7-29-13(28-11)3-10(5-26-29)4-23-14(31)1-2-17(20,21)22;7-6(8)4-2-1-3-5-6;1-2-3-1/h3,5,7,9,12H,1-2,4,6,8H2,(H,23,31)(H,24,32);1-5H2;1-3H2. The normalized spacial score (nSPS) is 15.6. The van der Waals surface area contributed by atoms with Crippen molar-refractivity contribution >= 4 is 17.5 Å². The maximum absolute atomic E-state index is 12.5. The first-order valence-electron chi connectivity index (χ1n) is 13.8. The third kappa shape index (κ3) is 12.9. The Balaban J connectivity index is 0.000000382. The fourth-order valence-corrected chi connectivity index (χ4v) is 3.71. The predicted molar refractivity (Wildman–Crippen MR) is 139 cm³/mol. The Morgan fingerprint density at radius 1 is 0.977 bits per heavy atom. The molecule has 238 valence electrons. The molecule has 2 N–H and O–H groups in total. The molecule has 5 rings (SSSR count). The molecule has 0 saturated heterocycles. The Hall–Kier alpha value is -3.79. The predicted octanol–water partition coefficient (Wildman–Crippen LogP) is 5.23. The van der Waals surface area contributed by atoms with Crippen LogP contribution in [0.3, 0.4) is 0 Å². The van der Waals surface area contributed by atoms with Gasteiger partial charge in [-0.3, -0.25) is 9.59 Å². The first-order valence-corrected chi connectivity index (χ1v) is 13.8. The number of hydrogen-bond acceptors (Lipinski definition) is 6. The summed E-state index contributed by atoms with van der Waals surface area (Å²) >= 11 is 0. The average Bonchev–Trinajstić information content (AvgIpc) is 3.66. The van der Waals surface area contributed by atoms with E-state index in [0.29, 0.717) is 29.7 Å². The van der Waals surface area contributed by atoms with Crippen LogP contribution in [0.1, 0.15) is 86.1 Å². The summed E-state index contributed by atoms with van der Waals surface area (Å²) in [6.45, 7) is -0.845. The summed E-state index contributed by atoms with van der Waals surface area (Å²) in [5, 5.41) is 12.5. The van der Waals surface area contributed by atoms with E-state index in [1.165, 1.54) is 36.2 Å². The van der Waals surface area contributed by atoms with Crippen LogP contribution in [0.25, 0.3) is 5.65 Å². The maximum atomic E-state index is 12.5. The number of aromatic nitrogens is 6. The molecular weight excluding hydrogens is 589 g/mol. The van der Waals surface area contributed by atoms with Crippen LogP contribution >= 0.6 is 0 Å². The van der Waals surface area contributed by atoms with Crippen LogP contribution in [0.5, 0.6) is 0 Å². The molecule has 0 bridgehead atoms. The van der Waals surface area contributed by atoms with E-state index < -0.39 is 49.7 Å². The molecular formula is C26H33F7N8O2. The molecule has 0 atom stereocenters. The Bertz CT molecular complexity index is 1310. The van der Waals surface area contributed by atoms with E-state index in [-0.39, 0.29) is 31.8 Å². The largest absolute Gasteiger partial charge is 0.389 e. The molecule has 3 aromatic rings. The fraction of sp³-hybridized carbons (Fsp3) is 0.615. The topological polar surface area (TPSA) is 119 Å². The number of alkyl halides is 7. The summed E-state index contributed by atoms with van der Waals surface area (Å²) < 4.78 is 88.1. The quantitative estimate of drug-likeness (QED) is 0.316. The first kappa shape index (κ1) is 33.7. The van der Waals surface area contributed by atoms with Crippen molar-refractivity contribution in [1.82, 2.24) is 40.0 Å². The Morgan fingerprint density at radius 3 is 2.23 bits per heavy atom. The number of fused-ring (bicyclic) bond motifs is 1. The number of halogens is 7. The number of carbonyl (C=O) groups excluding carboxylic acids is 2. The summed E-state index contributed by atoms with van der Waals surface area (Å²) in [7, 11) is 0. The second-order valence-electron chi connectivity index (χ2n) is 10.1. The molecule has 0 radical (unpaired) electrons. The van der Waals surface area contributed by atoms with E-state index in [1.807, 2.05) is 0 Å². The number of rotatable bonds is 9. The minimum absolute atomic E-state index is 0.0289.